The Hall–Kier alpha value is -1.11. The number of carboxylic acids is 1. The molecule has 0 aliphatic carbocycles. The van der Waals surface area contributed by atoms with Crippen molar-refractivity contribution >= 4 is 5.97 Å². The van der Waals surface area contributed by atoms with Gasteiger partial charge in [0.05, 0.1) is 12.2 Å². The van der Waals surface area contributed by atoms with Gasteiger partial charge in [-0.2, -0.15) is 0 Å². The summed E-state index contributed by atoms with van der Waals surface area (Å²) in [5.74, 6) is -2.45. The van der Waals surface area contributed by atoms with Gasteiger partial charge in [0.25, 0.3) is 0 Å². The van der Waals surface area contributed by atoms with E-state index in [-0.39, 0.29) is 0 Å². The quantitative estimate of drug-likeness (QED) is 0.354. The average Bonchev–Trinajstić information content (AvgIpc) is 2.02. The molecule has 0 amide bonds. The molecule has 0 aromatic heterocycles. The second kappa shape index (κ2) is 4.80. The van der Waals surface area contributed by atoms with Crippen LogP contribution in [0.25, 0.3) is 0 Å². The fourth-order valence-electron chi connectivity index (χ4n) is 0.673. The maximum Gasteiger partial charge on any atom is 0.332 e. The summed E-state index contributed by atoms with van der Waals surface area (Å²) in [4.78, 5) is 10.1. The molecule has 0 rings (SSSR count). The number of carbonyl (C=O) groups is 1. The Morgan fingerprint density at radius 2 is 1.85 bits per heavy atom. The standard InChI is InChI=1S/C7H12O6/c1-3(8)6(11)4(9)2-5(10)7(12)13/h4-6,8-11H,1-2H2,(H,12,13)/p-1/t4-,5+,6-/m1/s1. The van der Waals surface area contributed by atoms with Crippen molar-refractivity contribution in [1.29, 1.82) is 0 Å². The lowest BCUT2D eigenvalue weighted by Gasteiger charge is -2.23. The molecule has 0 unspecified atom stereocenters. The fraction of sp³-hybridized carbons (Fsp3) is 0.571. The van der Waals surface area contributed by atoms with Crippen molar-refractivity contribution < 1.29 is 30.3 Å². The van der Waals surface area contributed by atoms with Gasteiger partial charge in [-0.3, -0.25) is 0 Å². The Balaban J connectivity index is 4.06. The Labute approximate surface area is 74.4 Å². The first-order valence-electron chi connectivity index (χ1n) is 3.49. The van der Waals surface area contributed by atoms with Crippen molar-refractivity contribution in [3.8, 4) is 0 Å². The summed E-state index contributed by atoms with van der Waals surface area (Å²) in [5.41, 5.74) is 0. The smallest absolute Gasteiger partial charge is 0.332 e. The first-order chi connectivity index (χ1) is 5.86. The molecule has 0 bridgehead atoms. The van der Waals surface area contributed by atoms with Crippen molar-refractivity contribution in [2.24, 2.45) is 0 Å². The van der Waals surface area contributed by atoms with Crippen LogP contribution >= 0.6 is 0 Å². The molecule has 0 spiro atoms. The highest BCUT2D eigenvalue weighted by atomic mass is 16.4. The summed E-state index contributed by atoms with van der Waals surface area (Å²) < 4.78 is 0. The molecule has 76 valence electrons. The second-order valence-electron chi connectivity index (χ2n) is 2.57. The van der Waals surface area contributed by atoms with Crippen LogP contribution in [0.1, 0.15) is 6.42 Å². The molecule has 13 heavy (non-hydrogen) atoms. The highest BCUT2D eigenvalue weighted by molar-refractivity contribution is 5.71. The average molecular weight is 191 g/mol. The number of rotatable bonds is 5. The minimum Gasteiger partial charge on any atom is -0.874 e. The van der Waals surface area contributed by atoms with E-state index in [1.54, 1.807) is 0 Å². The molecule has 0 fully saturated rings. The molecule has 6 nitrogen and oxygen atoms in total. The molecule has 0 aliphatic heterocycles. The monoisotopic (exact) mass is 191 g/mol. The zero-order chi connectivity index (χ0) is 10.6. The number of aliphatic hydroxyl groups is 3. The van der Waals surface area contributed by atoms with Crippen LogP contribution in [0.4, 0.5) is 0 Å². The van der Waals surface area contributed by atoms with Gasteiger partial charge in [0.15, 0.2) is 6.10 Å². The topological polar surface area (TPSA) is 121 Å². The summed E-state index contributed by atoms with van der Waals surface area (Å²) in [7, 11) is 0. The molecular weight excluding hydrogens is 180 g/mol. The van der Waals surface area contributed by atoms with E-state index >= 15 is 0 Å². The van der Waals surface area contributed by atoms with E-state index in [1.807, 2.05) is 0 Å². The minimum absolute atomic E-state index is 0.613. The number of hydrogen-bond acceptors (Lipinski definition) is 5. The normalized spacial score (nSPS) is 17.5. The Morgan fingerprint density at radius 1 is 1.38 bits per heavy atom. The Bertz CT molecular complexity index is 201. The molecule has 6 heteroatoms. The van der Waals surface area contributed by atoms with Crippen molar-refractivity contribution in [1.82, 2.24) is 0 Å². The van der Waals surface area contributed by atoms with Crippen LogP contribution in [0, 0.1) is 0 Å². The molecule has 3 atom stereocenters. The van der Waals surface area contributed by atoms with Gasteiger partial charge in [0.1, 0.15) is 0 Å². The summed E-state index contributed by atoms with van der Waals surface area (Å²) in [6, 6.07) is 0. The first kappa shape index (κ1) is 11.9. The zero-order valence-corrected chi connectivity index (χ0v) is 6.75. The van der Waals surface area contributed by atoms with Crippen molar-refractivity contribution in [3.05, 3.63) is 12.3 Å². The van der Waals surface area contributed by atoms with Gasteiger partial charge in [-0.15, -0.1) is 12.3 Å². The van der Waals surface area contributed by atoms with E-state index in [4.69, 9.17) is 20.4 Å². The third-order valence-electron chi connectivity index (χ3n) is 1.44. The van der Waals surface area contributed by atoms with Gasteiger partial charge in [0.2, 0.25) is 0 Å². The van der Waals surface area contributed by atoms with Gasteiger partial charge >= 0.3 is 5.97 Å². The lowest BCUT2D eigenvalue weighted by atomic mass is 10.1. The molecule has 4 N–H and O–H groups in total. The molecule has 0 saturated heterocycles. The lowest BCUT2D eigenvalue weighted by molar-refractivity contribution is -0.324. The predicted molar refractivity (Wildman–Crippen MR) is 39.4 cm³/mol. The van der Waals surface area contributed by atoms with Crippen LogP contribution < -0.4 is 5.11 Å². The van der Waals surface area contributed by atoms with Gasteiger partial charge in [-0.25, -0.2) is 4.79 Å². The maximum absolute atomic E-state index is 10.4. The molecule has 0 heterocycles. The lowest BCUT2D eigenvalue weighted by Crippen LogP contribution is -2.37. The second-order valence-corrected chi connectivity index (χ2v) is 2.57. The summed E-state index contributed by atoms with van der Waals surface area (Å²) in [5, 5.41) is 45.2. The van der Waals surface area contributed by atoms with Gasteiger partial charge < -0.3 is 25.5 Å². The van der Waals surface area contributed by atoms with E-state index < -0.39 is 36.5 Å². The van der Waals surface area contributed by atoms with Gasteiger partial charge in [0, 0.05) is 6.42 Å². The van der Waals surface area contributed by atoms with Crippen molar-refractivity contribution in [3.63, 3.8) is 0 Å². The molecule has 0 saturated carbocycles. The summed E-state index contributed by atoms with van der Waals surface area (Å²) in [6.45, 7) is 2.83. The van der Waals surface area contributed by atoms with Crippen LogP contribution in [0.5, 0.6) is 0 Å². The molecule has 0 aliphatic rings. The highest BCUT2D eigenvalue weighted by Crippen LogP contribution is 2.06. The molecule has 0 aromatic rings. The van der Waals surface area contributed by atoms with Gasteiger partial charge in [-0.05, 0) is 0 Å². The molecule has 0 aromatic carbocycles. The number of hydrogen-bond donors (Lipinski definition) is 4. The number of aliphatic carboxylic acids is 1. The number of carboxylic acid groups (broad SMARTS) is 1. The van der Waals surface area contributed by atoms with E-state index in [2.05, 4.69) is 6.58 Å². The summed E-state index contributed by atoms with van der Waals surface area (Å²) in [6.07, 6.45) is -5.79. The van der Waals surface area contributed by atoms with Crippen molar-refractivity contribution in [2.75, 3.05) is 0 Å². The van der Waals surface area contributed by atoms with Crippen LogP contribution in [-0.2, 0) is 4.79 Å². The first-order valence-corrected chi connectivity index (χ1v) is 3.49. The Morgan fingerprint density at radius 3 is 2.15 bits per heavy atom. The highest BCUT2D eigenvalue weighted by Gasteiger charge is 2.22. The fourth-order valence-corrected chi connectivity index (χ4v) is 0.673. The molecule has 0 radical (unpaired) electrons. The third-order valence-corrected chi connectivity index (χ3v) is 1.44. The van der Waals surface area contributed by atoms with E-state index in [9.17, 15) is 9.90 Å². The largest absolute Gasteiger partial charge is 0.874 e. The SMILES string of the molecule is C=C([O-])[C@@H](O)[C@H](O)C[C@H](O)C(=O)O. The Kier molecular flexibility index (Phi) is 4.39. The maximum atomic E-state index is 10.4. The van der Waals surface area contributed by atoms with Crippen LogP contribution in [-0.4, -0.2) is 44.7 Å². The van der Waals surface area contributed by atoms with E-state index in [0.717, 1.165) is 0 Å². The number of aliphatic hydroxyl groups excluding tert-OH is 3. The van der Waals surface area contributed by atoms with Crippen LogP contribution in [0.2, 0.25) is 0 Å². The predicted octanol–water partition coefficient (Wildman–Crippen LogP) is -2.58. The van der Waals surface area contributed by atoms with E-state index in [0.29, 0.717) is 0 Å². The zero-order valence-electron chi connectivity index (χ0n) is 6.75. The molecular formula is C7H11O6-. The minimum atomic E-state index is -1.80. The third kappa shape index (κ3) is 3.88. The van der Waals surface area contributed by atoms with E-state index in [1.165, 1.54) is 0 Å². The van der Waals surface area contributed by atoms with Crippen LogP contribution in [0.3, 0.4) is 0 Å². The van der Waals surface area contributed by atoms with Crippen molar-refractivity contribution in [2.45, 2.75) is 24.7 Å². The van der Waals surface area contributed by atoms with Crippen LogP contribution in [0.15, 0.2) is 12.3 Å². The van der Waals surface area contributed by atoms with Gasteiger partial charge in [-0.1, -0.05) is 0 Å². The summed E-state index contributed by atoms with van der Waals surface area (Å²) >= 11 is 0.